The van der Waals surface area contributed by atoms with Crippen molar-refractivity contribution in [3.05, 3.63) is 50.7 Å². The van der Waals surface area contributed by atoms with Crippen molar-refractivity contribution in [1.29, 1.82) is 0 Å². The lowest BCUT2D eigenvalue weighted by Gasteiger charge is -2.13. The number of hydrogen-bond donors (Lipinski definition) is 2. The average Bonchev–Trinajstić information content (AvgIpc) is 2.33. The molecule has 4 nitrogen and oxygen atoms in total. The van der Waals surface area contributed by atoms with Gasteiger partial charge in [0.05, 0.1) is 21.4 Å². The van der Waals surface area contributed by atoms with Crippen LogP contribution in [0.5, 0.6) is 0 Å². The van der Waals surface area contributed by atoms with E-state index in [4.69, 9.17) is 28.9 Å². The van der Waals surface area contributed by atoms with E-state index >= 15 is 0 Å². The molecular formula is C12H8BrCl2FN2O2S. The number of sulfonamides is 1. The van der Waals surface area contributed by atoms with Crippen molar-refractivity contribution in [2.75, 3.05) is 10.5 Å². The van der Waals surface area contributed by atoms with Crippen molar-refractivity contribution >= 4 is 60.5 Å². The molecule has 21 heavy (non-hydrogen) atoms. The summed E-state index contributed by atoms with van der Waals surface area (Å²) in [6.45, 7) is 0. The summed E-state index contributed by atoms with van der Waals surface area (Å²) in [6.07, 6.45) is 0. The first-order valence-electron chi connectivity index (χ1n) is 5.43. The summed E-state index contributed by atoms with van der Waals surface area (Å²) in [7, 11) is -4.27. The summed E-state index contributed by atoms with van der Waals surface area (Å²) in [5.41, 5.74) is 5.26. The van der Waals surface area contributed by atoms with Crippen LogP contribution >= 0.6 is 39.1 Å². The zero-order valence-electron chi connectivity index (χ0n) is 10.2. The summed E-state index contributed by atoms with van der Waals surface area (Å²) in [4.78, 5) is -0.653. The van der Waals surface area contributed by atoms with E-state index in [1.807, 2.05) is 0 Å². The standard InChI is InChI=1S/C12H8BrCl2FN2O2S/c13-6-4-7(14)11(8(15)5-6)18-21(19,20)12-9(16)2-1-3-10(12)17/h1-5,18H,17H2. The van der Waals surface area contributed by atoms with Crippen molar-refractivity contribution in [2.24, 2.45) is 0 Å². The van der Waals surface area contributed by atoms with Gasteiger partial charge in [0.2, 0.25) is 0 Å². The Bertz CT molecular complexity index is 772. The minimum Gasteiger partial charge on any atom is -0.398 e. The van der Waals surface area contributed by atoms with E-state index in [1.165, 1.54) is 24.3 Å². The van der Waals surface area contributed by atoms with Crippen LogP contribution in [-0.4, -0.2) is 8.42 Å². The summed E-state index contributed by atoms with van der Waals surface area (Å²) < 4.78 is 41.0. The molecule has 0 aliphatic heterocycles. The molecule has 0 bridgehead atoms. The highest BCUT2D eigenvalue weighted by Crippen LogP contribution is 2.36. The second-order valence-electron chi connectivity index (χ2n) is 4.01. The van der Waals surface area contributed by atoms with Gasteiger partial charge in [-0.05, 0) is 24.3 Å². The number of nitrogen functional groups attached to an aromatic ring is 1. The maximum absolute atomic E-state index is 13.7. The summed E-state index contributed by atoms with van der Waals surface area (Å²) in [5.74, 6) is -0.966. The van der Waals surface area contributed by atoms with Crippen LogP contribution in [0.2, 0.25) is 10.0 Å². The van der Waals surface area contributed by atoms with Crippen LogP contribution in [0, 0.1) is 5.82 Å². The molecule has 2 rings (SSSR count). The number of hydrogen-bond acceptors (Lipinski definition) is 3. The van der Waals surface area contributed by atoms with Crippen molar-refractivity contribution in [2.45, 2.75) is 4.90 Å². The molecule has 2 aromatic carbocycles. The molecule has 0 aliphatic carbocycles. The van der Waals surface area contributed by atoms with Crippen LogP contribution in [0.3, 0.4) is 0 Å². The lowest BCUT2D eigenvalue weighted by molar-refractivity contribution is 0.572. The van der Waals surface area contributed by atoms with Crippen LogP contribution < -0.4 is 10.5 Å². The molecule has 0 aromatic heterocycles. The quantitative estimate of drug-likeness (QED) is 0.737. The van der Waals surface area contributed by atoms with Crippen LogP contribution in [-0.2, 0) is 10.0 Å². The lowest BCUT2D eigenvalue weighted by Crippen LogP contribution is -2.17. The highest BCUT2D eigenvalue weighted by molar-refractivity contribution is 9.10. The number of benzene rings is 2. The van der Waals surface area contributed by atoms with Gasteiger partial charge in [0.25, 0.3) is 10.0 Å². The Balaban J connectivity index is 2.53. The molecule has 2 aromatic rings. The maximum Gasteiger partial charge on any atom is 0.266 e. The van der Waals surface area contributed by atoms with Gasteiger partial charge < -0.3 is 5.73 Å². The van der Waals surface area contributed by atoms with Crippen LogP contribution in [0.15, 0.2) is 39.7 Å². The predicted octanol–water partition coefficient (Wildman–Crippen LogP) is 4.28. The average molecular weight is 414 g/mol. The second kappa shape index (κ2) is 6.00. The molecular weight excluding hydrogens is 406 g/mol. The molecule has 0 atom stereocenters. The zero-order valence-corrected chi connectivity index (χ0v) is 14.1. The van der Waals surface area contributed by atoms with Gasteiger partial charge >= 0.3 is 0 Å². The number of rotatable bonds is 3. The van der Waals surface area contributed by atoms with Gasteiger partial charge in [-0.3, -0.25) is 4.72 Å². The molecule has 0 heterocycles. The Morgan fingerprint density at radius 2 is 1.76 bits per heavy atom. The maximum atomic E-state index is 13.7. The molecule has 3 N–H and O–H groups in total. The highest BCUT2D eigenvalue weighted by Gasteiger charge is 2.24. The molecule has 0 spiro atoms. The van der Waals surface area contributed by atoms with E-state index in [0.29, 0.717) is 4.47 Å². The fourth-order valence-corrected chi connectivity index (χ4v) is 4.34. The first-order valence-corrected chi connectivity index (χ1v) is 8.47. The van der Waals surface area contributed by atoms with E-state index in [1.54, 1.807) is 0 Å². The molecule has 0 unspecified atom stereocenters. The molecule has 0 radical (unpaired) electrons. The van der Waals surface area contributed by atoms with Gasteiger partial charge in [-0.15, -0.1) is 0 Å². The normalized spacial score (nSPS) is 11.4. The van der Waals surface area contributed by atoms with Crippen LogP contribution in [0.1, 0.15) is 0 Å². The topological polar surface area (TPSA) is 72.2 Å². The highest BCUT2D eigenvalue weighted by atomic mass is 79.9. The Kier molecular flexibility index (Phi) is 4.67. The fraction of sp³-hybridized carbons (Fsp3) is 0. The largest absolute Gasteiger partial charge is 0.398 e. The van der Waals surface area contributed by atoms with Crippen LogP contribution in [0.25, 0.3) is 0 Å². The Hall–Kier alpha value is -1.02. The lowest BCUT2D eigenvalue weighted by atomic mass is 10.3. The Labute approximate surface area is 139 Å². The Morgan fingerprint density at radius 1 is 1.19 bits per heavy atom. The zero-order chi connectivity index (χ0) is 15.8. The minimum atomic E-state index is -4.27. The second-order valence-corrected chi connectivity index (χ2v) is 7.36. The van der Waals surface area contributed by atoms with Gasteiger partial charge in [0.15, 0.2) is 0 Å². The summed E-state index contributed by atoms with van der Waals surface area (Å²) in [6, 6.07) is 6.49. The molecule has 9 heteroatoms. The first-order chi connectivity index (χ1) is 9.72. The van der Waals surface area contributed by atoms with E-state index in [-0.39, 0.29) is 21.4 Å². The number of anilines is 2. The van der Waals surface area contributed by atoms with E-state index in [2.05, 4.69) is 20.7 Å². The molecule has 0 amide bonds. The molecule has 0 saturated heterocycles. The van der Waals surface area contributed by atoms with Crippen molar-refractivity contribution in [3.63, 3.8) is 0 Å². The van der Waals surface area contributed by atoms with Gasteiger partial charge in [0, 0.05) is 4.47 Å². The van der Waals surface area contributed by atoms with Gasteiger partial charge in [-0.2, -0.15) is 0 Å². The Morgan fingerprint density at radius 3 is 2.29 bits per heavy atom. The van der Waals surface area contributed by atoms with E-state index < -0.39 is 20.7 Å². The molecule has 0 aliphatic rings. The molecule has 0 saturated carbocycles. The summed E-state index contributed by atoms with van der Waals surface area (Å²) in [5, 5.41) is 0.126. The monoisotopic (exact) mass is 412 g/mol. The SMILES string of the molecule is Nc1cccc(F)c1S(=O)(=O)Nc1c(Cl)cc(Br)cc1Cl. The molecule has 112 valence electrons. The van der Waals surface area contributed by atoms with E-state index in [9.17, 15) is 12.8 Å². The predicted molar refractivity (Wildman–Crippen MR) is 85.8 cm³/mol. The molecule has 0 fully saturated rings. The van der Waals surface area contributed by atoms with E-state index in [0.717, 1.165) is 6.07 Å². The number of nitrogens with two attached hydrogens (primary N) is 1. The third-order valence-electron chi connectivity index (χ3n) is 2.51. The number of halogens is 4. The van der Waals surface area contributed by atoms with Crippen molar-refractivity contribution in [1.82, 2.24) is 0 Å². The summed E-state index contributed by atoms with van der Waals surface area (Å²) >= 11 is 15.1. The van der Waals surface area contributed by atoms with Gasteiger partial charge in [-0.1, -0.05) is 45.2 Å². The van der Waals surface area contributed by atoms with Gasteiger partial charge in [-0.25, -0.2) is 12.8 Å². The smallest absolute Gasteiger partial charge is 0.266 e. The minimum absolute atomic E-state index is 0.0517. The fourth-order valence-electron chi connectivity index (χ4n) is 1.63. The number of nitrogens with one attached hydrogen (secondary N) is 1. The van der Waals surface area contributed by atoms with Gasteiger partial charge in [0.1, 0.15) is 10.7 Å². The third kappa shape index (κ3) is 3.42. The van der Waals surface area contributed by atoms with Crippen molar-refractivity contribution in [3.8, 4) is 0 Å². The van der Waals surface area contributed by atoms with Crippen LogP contribution in [0.4, 0.5) is 15.8 Å². The first kappa shape index (κ1) is 16.4. The van der Waals surface area contributed by atoms with Crippen molar-refractivity contribution < 1.29 is 12.8 Å². The third-order valence-corrected chi connectivity index (χ3v) is 5.00.